The Labute approximate surface area is 41.9 Å². The molecule has 0 saturated carbocycles. The molecule has 0 heterocycles. The van der Waals surface area contributed by atoms with Crippen LogP contribution in [0.5, 0.6) is 0 Å². The van der Waals surface area contributed by atoms with Gasteiger partial charge in [0.2, 0.25) is 0 Å². The quantitative estimate of drug-likeness (QED) is 0.333. The molecule has 0 unspecified atom stereocenters. The van der Waals surface area contributed by atoms with Crippen LogP contribution < -0.4 is 0 Å². The van der Waals surface area contributed by atoms with Crippen molar-refractivity contribution < 1.29 is 0 Å². The maximum absolute atomic E-state index is 7.92. The molecule has 2 heteroatoms. The Hall–Kier alpha value is -0.640. The molecule has 0 atom stereocenters. The van der Waals surface area contributed by atoms with Gasteiger partial charge in [0.25, 0.3) is 0 Å². The molecule has 0 aliphatic heterocycles. The second kappa shape index (κ2) is 2.59. The van der Waals surface area contributed by atoms with Crippen molar-refractivity contribution in [1.29, 1.82) is 5.26 Å². The summed E-state index contributed by atoms with van der Waals surface area (Å²) in [6, 6.07) is 1.82. The van der Waals surface area contributed by atoms with Crippen LogP contribution in [0.4, 0.5) is 0 Å². The van der Waals surface area contributed by atoms with E-state index >= 15 is 0 Å². The number of allylic oxidation sites excluding steroid dienone is 1. The largest absolute Gasteiger partial charge is 0.192 e. The highest BCUT2D eigenvalue weighted by Crippen LogP contribution is 1.75. The molecule has 0 aliphatic carbocycles. The topological polar surface area (TPSA) is 23.8 Å². The molecule has 0 amide bonds. The highest BCUT2D eigenvalue weighted by atomic mass is 32.1. The molecule has 0 aliphatic rings. The maximum atomic E-state index is 7.92. The van der Waals surface area contributed by atoms with Crippen LogP contribution in [0.3, 0.4) is 0 Å². The molecule has 0 aromatic carbocycles. The molecule has 0 aromatic heterocycles. The Morgan fingerprint density at radius 2 is 2.33 bits per heavy atom. The molecule has 6 heavy (non-hydrogen) atoms. The van der Waals surface area contributed by atoms with Crippen LogP contribution in [0.1, 0.15) is 6.92 Å². The van der Waals surface area contributed by atoms with Gasteiger partial charge in [-0.2, -0.15) is 5.26 Å². The monoisotopic (exact) mass is 97.0 g/mol. The van der Waals surface area contributed by atoms with Crippen LogP contribution in [0, 0.1) is 11.3 Å². The molecular formula is C4H3NS. The lowest BCUT2D eigenvalue weighted by atomic mass is 10.4. The molecule has 0 spiro atoms. The van der Waals surface area contributed by atoms with Gasteiger partial charge in [0.05, 0.1) is 5.57 Å². The number of hydrogen-bond donors (Lipinski definition) is 0. The van der Waals surface area contributed by atoms with Crippen molar-refractivity contribution >= 4 is 17.2 Å². The van der Waals surface area contributed by atoms with Crippen molar-refractivity contribution in [2.24, 2.45) is 0 Å². The van der Waals surface area contributed by atoms with Crippen molar-refractivity contribution in [3.05, 3.63) is 5.57 Å². The lowest BCUT2D eigenvalue weighted by Gasteiger charge is -1.61. The van der Waals surface area contributed by atoms with Gasteiger partial charge >= 0.3 is 0 Å². The van der Waals surface area contributed by atoms with E-state index in [2.05, 4.69) is 17.2 Å². The van der Waals surface area contributed by atoms with Gasteiger partial charge in [0.1, 0.15) is 6.07 Å². The van der Waals surface area contributed by atoms with E-state index in [4.69, 9.17) is 5.26 Å². The molecule has 0 N–H and O–H groups in total. The maximum Gasteiger partial charge on any atom is 0.104 e. The summed E-state index contributed by atoms with van der Waals surface area (Å²) < 4.78 is 0. The van der Waals surface area contributed by atoms with Gasteiger partial charge in [-0.05, 0) is 24.2 Å². The van der Waals surface area contributed by atoms with E-state index in [-0.39, 0.29) is 0 Å². The van der Waals surface area contributed by atoms with E-state index in [1.54, 1.807) is 6.92 Å². The summed E-state index contributed by atoms with van der Waals surface area (Å²) in [6.45, 7) is 1.62. The first-order valence-electron chi connectivity index (χ1n) is 1.43. The van der Waals surface area contributed by atoms with E-state index in [1.165, 1.54) is 0 Å². The van der Waals surface area contributed by atoms with E-state index in [9.17, 15) is 0 Å². The summed E-state index contributed by atoms with van der Waals surface area (Å²) in [5.41, 5.74) is 0.463. The molecule has 0 radical (unpaired) electrons. The summed E-state index contributed by atoms with van der Waals surface area (Å²) in [5.74, 6) is 0. The second-order valence-corrected chi connectivity index (χ2v) is 1.04. The highest BCUT2D eigenvalue weighted by molar-refractivity contribution is 7.78. The highest BCUT2D eigenvalue weighted by Gasteiger charge is 1.71. The Kier molecular flexibility index (Phi) is 2.31. The van der Waals surface area contributed by atoms with Gasteiger partial charge in [0.15, 0.2) is 0 Å². The molecule has 0 saturated heterocycles. The first-order chi connectivity index (χ1) is 2.81. The summed E-state index contributed by atoms with van der Waals surface area (Å²) in [6.07, 6.45) is 0. The smallest absolute Gasteiger partial charge is 0.104 e. The summed E-state index contributed by atoms with van der Waals surface area (Å²) in [4.78, 5) is 0. The Bertz CT molecular complexity index is 125. The fraction of sp³-hybridized carbons (Fsp3) is 0.250. The lowest BCUT2D eigenvalue weighted by molar-refractivity contribution is 1.47. The third-order valence-corrected chi connectivity index (χ3v) is 0.627. The summed E-state index contributed by atoms with van der Waals surface area (Å²) in [7, 11) is 0. The van der Waals surface area contributed by atoms with E-state index < -0.39 is 0 Å². The first-order valence-corrected chi connectivity index (χ1v) is 1.84. The zero-order valence-corrected chi connectivity index (χ0v) is 4.17. The fourth-order valence-corrected chi connectivity index (χ4v) is 0.0685. The van der Waals surface area contributed by atoms with Crippen molar-refractivity contribution in [2.45, 2.75) is 6.92 Å². The molecule has 0 bridgehead atoms. The molecule has 0 fully saturated rings. The Balaban J connectivity index is 3.99. The standard InChI is InChI=1S/C4H3NS/c1-4(2-5)3-6/h1H3. The molecule has 30 valence electrons. The lowest BCUT2D eigenvalue weighted by Crippen LogP contribution is -1.59. The van der Waals surface area contributed by atoms with Crippen LogP contribution in [0.15, 0.2) is 5.57 Å². The first kappa shape index (κ1) is 5.36. The minimum Gasteiger partial charge on any atom is -0.192 e. The van der Waals surface area contributed by atoms with Crippen molar-refractivity contribution in [1.82, 2.24) is 0 Å². The SMILES string of the molecule is CC(=C=S)C#N. The third kappa shape index (κ3) is 1.66. The van der Waals surface area contributed by atoms with E-state index in [0.29, 0.717) is 5.57 Å². The van der Waals surface area contributed by atoms with Crippen LogP contribution >= 0.6 is 12.2 Å². The molecule has 0 rings (SSSR count). The molecular weight excluding hydrogens is 94.1 g/mol. The second-order valence-electron chi connectivity index (χ2n) is 0.839. The normalized spacial score (nSPS) is 5.33. The predicted molar refractivity (Wildman–Crippen MR) is 27.4 cm³/mol. The van der Waals surface area contributed by atoms with Crippen molar-refractivity contribution in [3.8, 4) is 6.07 Å². The van der Waals surface area contributed by atoms with Gasteiger partial charge in [-0.15, -0.1) is 0 Å². The third-order valence-electron chi connectivity index (χ3n) is 0.321. The van der Waals surface area contributed by atoms with Crippen LogP contribution in [0.2, 0.25) is 0 Å². The molecule has 0 aromatic rings. The van der Waals surface area contributed by atoms with Gasteiger partial charge in [-0.3, -0.25) is 0 Å². The zero-order chi connectivity index (χ0) is 4.99. The number of thiocarbonyl (C=S) groups is 1. The zero-order valence-electron chi connectivity index (χ0n) is 3.36. The average molecular weight is 97.1 g/mol. The van der Waals surface area contributed by atoms with E-state index in [0.717, 1.165) is 0 Å². The van der Waals surface area contributed by atoms with Gasteiger partial charge in [-0.25, -0.2) is 0 Å². The minimum absolute atomic E-state index is 0.463. The average Bonchev–Trinajstić information content (AvgIpc) is 1.65. The Morgan fingerprint density at radius 1 is 1.83 bits per heavy atom. The van der Waals surface area contributed by atoms with Crippen LogP contribution in [-0.2, 0) is 0 Å². The number of rotatable bonds is 0. The Morgan fingerprint density at radius 3 is 2.33 bits per heavy atom. The number of hydrogen-bond acceptors (Lipinski definition) is 2. The fourth-order valence-electron chi connectivity index (χ4n) is 0.0228. The van der Waals surface area contributed by atoms with Crippen molar-refractivity contribution in [3.63, 3.8) is 0 Å². The number of nitrogens with zero attached hydrogens (tertiary/aromatic N) is 1. The van der Waals surface area contributed by atoms with E-state index in [1.807, 2.05) is 6.07 Å². The summed E-state index contributed by atoms with van der Waals surface area (Å²) in [5, 5.41) is 10.2. The van der Waals surface area contributed by atoms with Crippen LogP contribution in [0.25, 0.3) is 0 Å². The predicted octanol–water partition coefficient (Wildman–Crippen LogP) is 1.05. The van der Waals surface area contributed by atoms with Gasteiger partial charge < -0.3 is 0 Å². The van der Waals surface area contributed by atoms with Gasteiger partial charge in [-0.1, -0.05) is 0 Å². The van der Waals surface area contributed by atoms with Gasteiger partial charge in [0, 0.05) is 0 Å². The summed E-state index contributed by atoms with van der Waals surface area (Å²) >= 11 is 4.26. The minimum atomic E-state index is 0.463. The van der Waals surface area contributed by atoms with Crippen molar-refractivity contribution in [2.75, 3.05) is 0 Å². The number of nitriles is 1. The van der Waals surface area contributed by atoms with Crippen LogP contribution in [-0.4, -0.2) is 5.02 Å². The molecule has 1 nitrogen and oxygen atoms in total.